The molecular weight excluding hydrogens is 218 g/mol. The van der Waals surface area contributed by atoms with Crippen LogP contribution in [0.5, 0.6) is 5.75 Å². The molecule has 17 heavy (non-hydrogen) atoms. The molecule has 5 nitrogen and oxygen atoms in total. The van der Waals surface area contributed by atoms with Crippen molar-refractivity contribution in [2.24, 2.45) is 7.05 Å². The Bertz CT molecular complexity index is 471. The van der Waals surface area contributed by atoms with E-state index < -0.39 is 0 Å². The summed E-state index contributed by atoms with van der Waals surface area (Å²) in [6, 6.07) is 9.33. The zero-order valence-corrected chi connectivity index (χ0v) is 9.63. The maximum Gasteiger partial charge on any atom is 0.121 e. The van der Waals surface area contributed by atoms with Crippen LogP contribution in [0.15, 0.2) is 30.3 Å². The molecule has 0 amide bonds. The Morgan fingerprint density at radius 2 is 2.06 bits per heavy atom. The van der Waals surface area contributed by atoms with E-state index in [2.05, 4.69) is 5.10 Å². The van der Waals surface area contributed by atoms with Crippen molar-refractivity contribution < 1.29 is 9.84 Å². The van der Waals surface area contributed by atoms with Crippen LogP contribution in [0, 0.1) is 0 Å². The lowest BCUT2D eigenvalue weighted by atomic mass is 10.1. The van der Waals surface area contributed by atoms with Crippen LogP contribution in [0.2, 0.25) is 0 Å². The fourth-order valence-corrected chi connectivity index (χ4v) is 1.51. The van der Waals surface area contributed by atoms with Crippen LogP contribution >= 0.6 is 0 Å². The number of aliphatic hydroxyl groups is 1. The monoisotopic (exact) mass is 233 g/mol. The summed E-state index contributed by atoms with van der Waals surface area (Å²) in [6.45, 7) is 0.314. The van der Waals surface area contributed by atoms with Crippen LogP contribution in [0.25, 0.3) is 11.3 Å². The number of hydrogen-bond donors (Lipinski definition) is 2. The molecule has 3 N–H and O–H groups in total. The summed E-state index contributed by atoms with van der Waals surface area (Å²) >= 11 is 0. The molecule has 0 saturated carbocycles. The van der Waals surface area contributed by atoms with Gasteiger partial charge in [-0.3, -0.25) is 4.68 Å². The largest absolute Gasteiger partial charge is 0.491 e. The van der Waals surface area contributed by atoms with Gasteiger partial charge in [0.2, 0.25) is 0 Å². The Morgan fingerprint density at radius 3 is 2.59 bits per heavy atom. The topological polar surface area (TPSA) is 73.3 Å². The van der Waals surface area contributed by atoms with E-state index in [-0.39, 0.29) is 6.61 Å². The fraction of sp³-hybridized carbons (Fsp3) is 0.250. The van der Waals surface area contributed by atoms with Gasteiger partial charge < -0.3 is 15.6 Å². The number of anilines is 1. The van der Waals surface area contributed by atoms with Crippen LogP contribution in [-0.4, -0.2) is 28.1 Å². The average Bonchev–Trinajstić information content (AvgIpc) is 2.68. The first-order chi connectivity index (χ1) is 8.20. The predicted octanol–water partition coefficient (Wildman–Crippen LogP) is 1.04. The number of aryl methyl sites for hydroxylation is 1. The predicted molar refractivity (Wildman–Crippen MR) is 65.6 cm³/mol. The molecule has 5 heteroatoms. The smallest absolute Gasteiger partial charge is 0.121 e. The third kappa shape index (κ3) is 2.57. The molecule has 90 valence electrons. The number of nitrogens with zero attached hydrogens (tertiary/aromatic N) is 2. The minimum absolute atomic E-state index is 0.0124. The second-order valence-corrected chi connectivity index (χ2v) is 3.67. The van der Waals surface area contributed by atoms with Gasteiger partial charge in [-0.15, -0.1) is 0 Å². The van der Waals surface area contributed by atoms with Crippen molar-refractivity contribution in [1.29, 1.82) is 0 Å². The standard InChI is InChI=1S/C12H15N3O2/c1-15-12(13)8-11(14-15)9-2-4-10(5-3-9)17-7-6-16/h2-5,8,16H,6-7,13H2,1H3. The Labute approximate surface area is 99.4 Å². The SMILES string of the molecule is Cn1nc(-c2ccc(OCCO)cc2)cc1N. The highest BCUT2D eigenvalue weighted by molar-refractivity contribution is 5.63. The highest BCUT2D eigenvalue weighted by Gasteiger charge is 2.04. The second kappa shape index (κ2) is 4.88. The molecule has 0 spiro atoms. The number of hydrogen-bond acceptors (Lipinski definition) is 4. The first kappa shape index (κ1) is 11.5. The first-order valence-corrected chi connectivity index (χ1v) is 5.34. The summed E-state index contributed by atoms with van der Waals surface area (Å²) in [4.78, 5) is 0. The van der Waals surface area contributed by atoms with Crippen LogP contribution < -0.4 is 10.5 Å². The van der Waals surface area contributed by atoms with Gasteiger partial charge in [-0.05, 0) is 24.3 Å². The zero-order chi connectivity index (χ0) is 12.3. The maximum absolute atomic E-state index is 8.64. The lowest BCUT2D eigenvalue weighted by molar-refractivity contribution is 0.201. The molecule has 1 aromatic heterocycles. The Morgan fingerprint density at radius 1 is 1.35 bits per heavy atom. The quantitative estimate of drug-likeness (QED) is 0.827. The van der Waals surface area contributed by atoms with Crippen LogP contribution in [0.4, 0.5) is 5.82 Å². The van der Waals surface area contributed by atoms with Crippen molar-refractivity contribution in [2.75, 3.05) is 18.9 Å². The molecule has 1 aromatic carbocycles. The molecule has 0 unspecified atom stereocenters. The molecule has 2 rings (SSSR count). The summed E-state index contributed by atoms with van der Waals surface area (Å²) in [6.07, 6.45) is 0. The Hall–Kier alpha value is -2.01. The molecule has 1 heterocycles. The van der Waals surface area contributed by atoms with Gasteiger partial charge in [0.25, 0.3) is 0 Å². The van der Waals surface area contributed by atoms with Crippen molar-refractivity contribution >= 4 is 5.82 Å². The summed E-state index contributed by atoms with van der Waals surface area (Å²) in [5, 5.41) is 12.9. The van der Waals surface area contributed by atoms with E-state index in [0.29, 0.717) is 12.4 Å². The third-order valence-electron chi connectivity index (χ3n) is 2.43. The molecule has 0 aliphatic heterocycles. The molecule has 2 aromatic rings. The summed E-state index contributed by atoms with van der Waals surface area (Å²) in [5.74, 6) is 1.35. The van der Waals surface area contributed by atoms with E-state index >= 15 is 0 Å². The molecule has 0 aliphatic rings. The lowest BCUT2D eigenvalue weighted by Gasteiger charge is -2.04. The normalized spacial score (nSPS) is 10.5. The number of nitrogen functional groups attached to an aromatic ring is 1. The number of benzene rings is 1. The summed E-state index contributed by atoms with van der Waals surface area (Å²) in [7, 11) is 1.80. The van der Waals surface area contributed by atoms with Crippen molar-refractivity contribution in [3.63, 3.8) is 0 Å². The highest BCUT2D eigenvalue weighted by atomic mass is 16.5. The molecule has 0 saturated heterocycles. The molecule has 0 radical (unpaired) electrons. The second-order valence-electron chi connectivity index (χ2n) is 3.67. The number of rotatable bonds is 4. The number of aromatic nitrogens is 2. The molecule has 0 aliphatic carbocycles. The van der Waals surface area contributed by atoms with Crippen LogP contribution in [0.1, 0.15) is 0 Å². The van der Waals surface area contributed by atoms with Crippen molar-refractivity contribution in [2.45, 2.75) is 0 Å². The maximum atomic E-state index is 8.64. The number of ether oxygens (including phenoxy) is 1. The van der Waals surface area contributed by atoms with Gasteiger partial charge in [0.15, 0.2) is 0 Å². The summed E-state index contributed by atoms with van der Waals surface area (Å²) in [5.41, 5.74) is 7.53. The molecule has 0 fully saturated rings. The fourth-order valence-electron chi connectivity index (χ4n) is 1.51. The van der Waals surface area contributed by atoms with Gasteiger partial charge in [-0.1, -0.05) is 0 Å². The number of nitrogens with two attached hydrogens (primary N) is 1. The van der Waals surface area contributed by atoms with Gasteiger partial charge >= 0.3 is 0 Å². The highest BCUT2D eigenvalue weighted by Crippen LogP contribution is 2.22. The van der Waals surface area contributed by atoms with E-state index in [1.54, 1.807) is 11.7 Å². The van der Waals surface area contributed by atoms with Crippen molar-refractivity contribution in [1.82, 2.24) is 9.78 Å². The summed E-state index contributed by atoms with van der Waals surface area (Å²) < 4.78 is 6.91. The van der Waals surface area contributed by atoms with Gasteiger partial charge in [-0.25, -0.2) is 0 Å². The third-order valence-corrected chi connectivity index (χ3v) is 2.43. The van der Waals surface area contributed by atoms with E-state index in [1.807, 2.05) is 30.3 Å². The Balaban J connectivity index is 2.17. The van der Waals surface area contributed by atoms with Gasteiger partial charge in [0, 0.05) is 18.7 Å². The van der Waals surface area contributed by atoms with Gasteiger partial charge in [-0.2, -0.15) is 5.10 Å². The van der Waals surface area contributed by atoms with E-state index in [1.165, 1.54) is 0 Å². The zero-order valence-electron chi connectivity index (χ0n) is 9.63. The van der Waals surface area contributed by atoms with Crippen molar-refractivity contribution in [3.05, 3.63) is 30.3 Å². The first-order valence-electron chi connectivity index (χ1n) is 5.34. The minimum atomic E-state index is 0.0124. The van der Waals surface area contributed by atoms with E-state index in [0.717, 1.165) is 17.0 Å². The molecular formula is C12H15N3O2. The van der Waals surface area contributed by atoms with E-state index in [9.17, 15) is 0 Å². The Kier molecular flexibility index (Phi) is 3.30. The van der Waals surface area contributed by atoms with Crippen LogP contribution in [-0.2, 0) is 7.05 Å². The molecule has 0 bridgehead atoms. The average molecular weight is 233 g/mol. The van der Waals surface area contributed by atoms with Gasteiger partial charge in [0.1, 0.15) is 18.2 Å². The molecule has 0 atom stereocenters. The van der Waals surface area contributed by atoms with Crippen molar-refractivity contribution in [3.8, 4) is 17.0 Å². The van der Waals surface area contributed by atoms with Crippen LogP contribution in [0.3, 0.4) is 0 Å². The minimum Gasteiger partial charge on any atom is -0.491 e. The van der Waals surface area contributed by atoms with Gasteiger partial charge in [0.05, 0.1) is 12.3 Å². The van der Waals surface area contributed by atoms with E-state index in [4.69, 9.17) is 15.6 Å². The number of aliphatic hydroxyl groups excluding tert-OH is 1. The lowest BCUT2D eigenvalue weighted by Crippen LogP contribution is -2.01.